The van der Waals surface area contributed by atoms with Crippen LogP contribution in [-0.2, 0) is 4.79 Å². The van der Waals surface area contributed by atoms with E-state index in [4.69, 9.17) is 5.11 Å². The maximum Gasteiger partial charge on any atom is 0.335 e. The number of aliphatic carboxylic acids is 1. The second-order valence-corrected chi connectivity index (χ2v) is 8.90. The minimum atomic E-state index is -1.94. The van der Waals surface area contributed by atoms with Crippen LogP contribution in [0.25, 0.3) is 0 Å². The summed E-state index contributed by atoms with van der Waals surface area (Å²) < 4.78 is 0. The molecule has 0 rings (SSSR count). The van der Waals surface area contributed by atoms with Crippen LogP contribution < -0.4 is 0 Å². The molecule has 0 bridgehead atoms. The summed E-state index contributed by atoms with van der Waals surface area (Å²) in [6, 6.07) is 0. The van der Waals surface area contributed by atoms with Crippen LogP contribution in [0.4, 0.5) is 0 Å². The average Bonchev–Trinajstić information content (AvgIpc) is 2.74. The van der Waals surface area contributed by atoms with Crippen molar-refractivity contribution in [2.45, 2.75) is 85.9 Å². The lowest BCUT2D eigenvalue weighted by Gasteiger charge is -2.24. The Labute approximate surface area is 192 Å². The van der Waals surface area contributed by atoms with Crippen LogP contribution in [0, 0.1) is 17.8 Å². The van der Waals surface area contributed by atoms with Gasteiger partial charge in [-0.05, 0) is 56.9 Å². The molecule has 0 aliphatic carbocycles. The lowest BCUT2D eigenvalue weighted by atomic mass is 9.88. The van der Waals surface area contributed by atoms with Crippen molar-refractivity contribution < 1.29 is 35.4 Å². The van der Waals surface area contributed by atoms with Crippen LogP contribution >= 0.6 is 0 Å². The maximum atomic E-state index is 10.8. The molecule has 0 spiro atoms. The van der Waals surface area contributed by atoms with E-state index < -0.39 is 42.4 Å². The number of allylic oxidation sites excluding steroid dienone is 1. The molecule has 0 radical (unpaired) electrons. The quantitative estimate of drug-likeness (QED) is 0.249. The molecule has 0 saturated heterocycles. The van der Waals surface area contributed by atoms with Crippen LogP contribution in [0.3, 0.4) is 0 Å². The van der Waals surface area contributed by atoms with Gasteiger partial charge in [-0.3, -0.25) is 0 Å². The van der Waals surface area contributed by atoms with E-state index in [9.17, 15) is 30.3 Å². The molecule has 0 unspecified atom stereocenters. The van der Waals surface area contributed by atoms with Crippen LogP contribution in [0.1, 0.15) is 55.4 Å². The third-order valence-corrected chi connectivity index (χ3v) is 5.94. The van der Waals surface area contributed by atoms with Gasteiger partial charge in [0.2, 0.25) is 0 Å². The number of carboxylic acid groups (broad SMARTS) is 1. The fraction of sp³-hybridized carbons (Fsp3) is 0.640. The molecule has 0 aliphatic rings. The van der Waals surface area contributed by atoms with Gasteiger partial charge in [-0.2, -0.15) is 0 Å². The highest BCUT2D eigenvalue weighted by Crippen LogP contribution is 2.23. The first-order valence-electron chi connectivity index (χ1n) is 11.0. The van der Waals surface area contributed by atoms with Gasteiger partial charge in [-0.25, -0.2) is 4.79 Å². The van der Waals surface area contributed by atoms with Crippen molar-refractivity contribution in [2.24, 2.45) is 17.8 Å². The molecule has 0 aromatic heterocycles. The monoisotopic (exact) mass is 454 g/mol. The van der Waals surface area contributed by atoms with Crippen LogP contribution in [0.5, 0.6) is 0 Å². The summed E-state index contributed by atoms with van der Waals surface area (Å²) >= 11 is 0. The predicted octanol–water partition coefficient (Wildman–Crippen LogP) is 2.59. The molecule has 0 saturated carbocycles. The molecule has 0 aromatic rings. The van der Waals surface area contributed by atoms with Crippen LogP contribution in [-0.4, -0.2) is 67.1 Å². The summed E-state index contributed by atoms with van der Waals surface area (Å²) in [5, 5.41) is 59.8. The van der Waals surface area contributed by atoms with E-state index in [2.05, 4.69) is 0 Å². The lowest BCUT2D eigenvalue weighted by molar-refractivity contribution is -0.151. The van der Waals surface area contributed by atoms with Gasteiger partial charge < -0.3 is 30.6 Å². The summed E-state index contributed by atoms with van der Waals surface area (Å²) in [5.74, 6) is -2.44. The number of hydrogen-bond acceptors (Lipinski definition) is 6. The summed E-state index contributed by atoms with van der Waals surface area (Å²) in [6.07, 6.45) is 1.16. The highest BCUT2D eigenvalue weighted by atomic mass is 16.4. The largest absolute Gasteiger partial charge is 0.479 e. The standard InChI is InChI=1S/C25H42O7/c1-9-13(2)20(26)14(3)10-15(4)21(27)16(5)11-17(6)22(28)18(7)12-19(8)23(29)24(30)25(31)32/h9-12,14,16,18,20-24,26-30H,1-8H3,(H,31,32)/b13-9+,15-10+,17-11+,19-12+/t14-,16-,18-,20+,21-,22-,23-,24-/m0/s1. The topological polar surface area (TPSA) is 138 Å². The van der Waals surface area contributed by atoms with Crippen molar-refractivity contribution in [1.29, 1.82) is 0 Å². The average molecular weight is 455 g/mol. The number of hydrogen-bond donors (Lipinski definition) is 6. The SMILES string of the molecule is C/C=C(\C)[C@@H](O)[C@@H](C)/C=C(\C)[C@H](O)[C@@H](C)/C=C(\C)[C@H](O)[C@@H](C)/C=C(\C)[C@H](O)[C@H](O)C(=O)O. The summed E-state index contributed by atoms with van der Waals surface area (Å²) in [7, 11) is 0. The molecule has 7 nitrogen and oxygen atoms in total. The van der Waals surface area contributed by atoms with Gasteiger partial charge in [-0.1, -0.05) is 45.1 Å². The second kappa shape index (κ2) is 13.7. The highest BCUT2D eigenvalue weighted by Gasteiger charge is 2.26. The van der Waals surface area contributed by atoms with Gasteiger partial charge in [0.05, 0.1) is 18.3 Å². The van der Waals surface area contributed by atoms with E-state index in [1.807, 2.05) is 39.8 Å². The minimum absolute atomic E-state index is 0.163. The molecule has 7 heteroatoms. The van der Waals surface area contributed by atoms with Gasteiger partial charge in [0.1, 0.15) is 6.10 Å². The normalized spacial score (nSPS) is 21.9. The lowest BCUT2D eigenvalue weighted by Crippen LogP contribution is -2.35. The second-order valence-electron chi connectivity index (χ2n) is 8.90. The van der Waals surface area contributed by atoms with E-state index in [0.29, 0.717) is 5.57 Å². The van der Waals surface area contributed by atoms with E-state index in [0.717, 1.165) is 11.1 Å². The summed E-state index contributed by atoms with van der Waals surface area (Å²) in [6.45, 7) is 14.2. The molecule has 6 N–H and O–H groups in total. The Bertz CT molecular complexity index is 735. The van der Waals surface area contributed by atoms with Crippen molar-refractivity contribution in [3.63, 3.8) is 0 Å². The predicted molar refractivity (Wildman–Crippen MR) is 126 cm³/mol. The van der Waals surface area contributed by atoms with Crippen LogP contribution in [0.2, 0.25) is 0 Å². The van der Waals surface area contributed by atoms with Crippen molar-refractivity contribution >= 4 is 5.97 Å². The molecule has 0 heterocycles. The Balaban J connectivity index is 5.35. The first-order chi connectivity index (χ1) is 14.6. The summed E-state index contributed by atoms with van der Waals surface area (Å²) in [5.41, 5.74) is 2.45. The molecular formula is C25H42O7. The zero-order valence-electron chi connectivity index (χ0n) is 20.5. The number of aliphatic hydroxyl groups is 5. The third kappa shape index (κ3) is 9.00. The van der Waals surface area contributed by atoms with Crippen molar-refractivity contribution in [1.82, 2.24) is 0 Å². The summed E-state index contributed by atoms with van der Waals surface area (Å²) in [4.78, 5) is 10.8. The Kier molecular flexibility index (Phi) is 12.9. The molecule has 0 aliphatic heterocycles. The molecule has 0 aromatic carbocycles. The fourth-order valence-electron chi connectivity index (χ4n) is 3.61. The van der Waals surface area contributed by atoms with Crippen molar-refractivity contribution in [2.75, 3.05) is 0 Å². The molecular weight excluding hydrogens is 412 g/mol. The smallest absolute Gasteiger partial charge is 0.335 e. The van der Waals surface area contributed by atoms with E-state index in [1.54, 1.807) is 26.8 Å². The first-order valence-corrected chi connectivity index (χ1v) is 11.0. The Hall–Kier alpha value is -1.77. The molecule has 0 amide bonds. The van der Waals surface area contributed by atoms with Gasteiger partial charge >= 0.3 is 5.97 Å². The van der Waals surface area contributed by atoms with Crippen molar-refractivity contribution in [3.05, 3.63) is 46.6 Å². The maximum absolute atomic E-state index is 10.8. The molecule has 184 valence electrons. The van der Waals surface area contributed by atoms with Crippen LogP contribution in [0.15, 0.2) is 46.6 Å². The number of carbonyl (C=O) groups is 1. The highest BCUT2D eigenvalue weighted by molar-refractivity contribution is 5.73. The Morgan fingerprint density at radius 2 is 0.844 bits per heavy atom. The molecule has 32 heavy (non-hydrogen) atoms. The first kappa shape index (κ1) is 30.2. The Morgan fingerprint density at radius 3 is 1.12 bits per heavy atom. The number of rotatable bonds is 12. The van der Waals surface area contributed by atoms with E-state index >= 15 is 0 Å². The molecule has 0 fully saturated rings. The van der Waals surface area contributed by atoms with E-state index in [1.165, 1.54) is 13.0 Å². The van der Waals surface area contributed by atoms with Gasteiger partial charge in [0, 0.05) is 17.8 Å². The minimum Gasteiger partial charge on any atom is -0.479 e. The Morgan fingerprint density at radius 1 is 0.562 bits per heavy atom. The fourth-order valence-corrected chi connectivity index (χ4v) is 3.61. The van der Waals surface area contributed by atoms with Gasteiger partial charge in [0.25, 0.3) is 0 Å². The van der Waals surface area contributed by atoms with E-state index in [-0.39, 0.29) is 17.4 Å². The third-order valence-electron chi connectivity index (χ3n) is 5.94. The zero-order chi connectivity index (χ0) is 25.3. The van der Waals surface area contributed by atoms with Gasteiger partial charge in [0.15, 0.2) is 6.10 Å². The van der Waals surface area contributed by atoms with Gasteiger partial charge in [-0.15, -0.1) is 0 Å². The number of aliphatic hydroxyl groups excluding tert-OH is 5. The number of carboxylic acids is 1. The van der Waals surface area contributed by atoms with Crippen molar-refractivity contribution in [3.8, 4) is 0 Å². The molecule has 8 atom stereocenters. The zero-order valence-corrected chi connectivity index (χ0v) is 20.5.